The molecule has 1 aliphatic heterocycles. The van der Waals surface area contributed by atoms with Crippen LogP contribution in [0.1, 0.15) is 48.0 Å². The van der Waals surface area contributed by atoms with Gasteiger partial charge in [-0.25, -0.2) is 9.48 Å². The fourth-order valence-electron chi connectivity index (χ4n) is 5.14. The Bertz CT molecular complexity index is 1190. The van der Waals surface area contributed by atoms with Gasteiger partial charge in [0, 0.05) is 30.1 Å². The van der Waals surface area contributed by atoms with E-state index in [-0.39, 0.29) is 11.3 Å². The molecule has 1 aromatic carbocycles. The first-order valence-electron chi connectivity index (χ1n) is 11.1. The number of aromatic nitrogens is 4. The molecule has 1 aliphatic carbocycles. The maximum atomic E-state index is 13.2. The molecule has 1 spiro atoms. The van der Waals surface area contributed by atoms with E-state index >= 15 is 0 Å². The van der Waals surface area contributed by atoms with Gasteiger partial charge in [-0.15, -0.1) is 5.10 Å². The van der Waals surface area contributed by atoms with Crippen molar-refractivity contribution in [3.05, 3.63) is 65.1 Å². The molecule has 33 heavy (non-hydrogen) atoms. The smallest absolute Gasteiger partial charge is 0.326 e. The number of benzene rings is 1. The van der Waals surface area contributed by atoms with Gasteiger partial charge in [-0.2, -0.15) is 0 Å². The van der Waals surface area contributed by atoms with Crippen LogP contribution >= 0.6 is 11.6 Å². The standard InChI is InChI=1S/C24H24ClN5O3/c25-19-9-18(11-26-12-19)20-14-29(28-27-20)13-16-3-5-17(6-4-16)22(31)30-15-24(7-1-2-8-24)10-21(30)23(32)33/h3-6,9,11-12,14,21H,1-2,7-8,10,13,15H2,(H,32,33). The van der Waals surface area contributed by atoms with E-state index in [9.17, 15) is 14.7 Å². The molecule has 2 fully saturated rings. The number of hydrogen-bond donors (Lipinski definition) is 1. The topological polar surface area (TPSA) is 101 Å². The number of rotatable bonds is 5. The van der Waals surface area contributed by atoms with Gasteiger partial charge < -0.3 is 10.0 Å². The predicted molar refractivity (Wildman–Crippen MR) is 122 cm³/mol. The lowest BCUT2D eigenvalue weighted by atomic mass is 9.84. The van der Waals surface area contributed by atoms with Gasteiger partial charge in [0.2, 0.25) is 0 Å². The van der Waals surface area contributed by atoms with Crippen LogP contribution in [-0.2, 0) is 11.3 Å². The van der Waals surface area contributed by atoms with Crippen LogP contribution in [0.5, 0.6) is 0 Å². The maximum absolute atomic E-state index is 13.2. The lowest BCUT2D eigenvalue weighted by Crippen LogP contribution is -2.40. The zero-order valence-corrected chi connectivity index (χ0v) is 18.8. The second kappa shape index (κ2) is 8.59. The van der Waals surface area contributed by atoms with Crippen molar-refractivity contribution in [3.8, 4) is 11.3 Å². The number of likely N-dealkylation sites (tertiary alicyclic amines) is 1. The van der Waals surface area contributed by atoms with Crippen molar-refractivity contribution < 1.29 is 14.7 Å². The van der Waals surface area contributed by atoms with Crippen LogP contribution in [0.15, 0.2) is 48.9 Å². The molecule has 3 heterocycles. The molecule has 170 valence electrons. The second-order valence-electron chi connectivity index (χ2n) is 9.09. The Balaban J connectivity index is 1.29. The Hall–Kier alpha value is -3.26. The number of hydrogen-bond acceptors (Lipinski definition) is 5. The number of carbonyl (C=O) groups excluding carboxylic acids is 1. The van der Waals surface area contributed by atoms with E-state index in [4.69, 9.17) is 11.6 Å². The van der Waals surface area contributed by atoms with Crippen molar-refractivity contribution in [2.75, 3.05) is 6.54 Å². The largest absolute Gasteiger partial charge is 0.480 e. The number of carboxylic acid groups (broad SMARTS) is 1. The zero-order valence-electron chi connectivity index (χ0n) is 18.0. The van der Waals surface area contributed by atoms with E-state index < -0.39 is 12.0 Å². The van der Waals surface area contributed by atoms with Crippen molar-refractivity contribution in [1.82, 2.24) is 24.9 Å². The summed E-state index contributed by atoms with van der Waals surface area (Å²) in [5.41, 5.74) is 2.89. The van der Waals surface area contributed by atoms with Gasteiger partial charge in [-0.1, -0.05) is 41.8 Å². The molecule has 1 amide bonds. The lowest BCUT2D eigenvalue weighted by molar-refractivity contribution is -0.141. The van der Waals surface area contributed by atoms with E-state index in [2.05, 4.69) is 15.3 Å². The van der Waals surface area contributed by atoms with Crippen LogP contribution in [0, 0.1) is 5.41 Å². The summed E-state index contributed by atoms with van der Waals surface area (Å²) >= 11 is 6.00. The summed E-state index contributed by atoms with van der Waals surface area (Å²) in [6, 6.07) is 8.29. The summed E-state index contributed by atoms with van der Waals surface area (Å²) in [6.45, 7) is 1.02. The Morgan fingerprint density at radius 3 is 2.61 bits per heavy atom. The monoisotopic (exact) mass is 465 g/mol. The quantitative estimate of drug-likeness (QED) is 0.613. The van der Waals surface area contributed by atoms with E-state index in [0.717, 1.165) is 36.8 Å². The van der Waals surface area contributed by atoms with Crippen LogP contribution in [0.25, 0.3) is 11.3 Å². The van der Waals surface area contributed by atoms with Gasteiger partial charge in [0.15, 0.2) is 0 Å². The summed E-state index contributed by atoms with van der Waals surface area (Å²) < 4.78 is 1.71. The highest BCUT2D eigenvalue weighted by Crippen LogP contribution is 2.48. The Morgan fingerprint density at radius 1 is 1.15 bits per heavy atom. The molecule has 9 heteroatoms. The van der Waals surface area contributed by atoms with E-state index in [0.29, 0.717) is 35.8 Å². The number of amides is 1. The number of carbonyl (C=O) groups is 2. The fraction of sp³-hybridized carbons (Fsp3) is 0.375. The van der Waals surface area contributed by atoms with Crippen molar-refractivity contribution in [2.45, 2.75) is 44.7 Å². The third-order valence-electron chi connectivity index (χ3n) is 6.80. The van der Waals surface area contributed by atoms with Gasteiger partial charge in [0.05, 0.1) is 17.8 Å². The van der Waals surface area contributed by atoms with Crippen molar-refractivity contribution in [3.63, 3.8) is 0 Å². The Kier molecular flexibility index (Phi) is 5.62. The number of halogens is 1. The van der Waals surface area contributed by atoms with Gasteiger partial charge in [-0.05, 0) is 48.4 Å². The molecule has 0 radical (unpaired) electrons. The highest BCUT2D eigenvalue weighted by molar-refractivity contribution is 6.30. The van der Waals surface area contributed by atoms with Crippen LogP contribution in [0.2, 0.25) is 5.02 Å². The average molecular weight is 466 g/mol. The van der Waals surface area contributed by atoms with Crippen LogP contribution in [0.3, 0.4) is 0 Å². The second-order valence-corrected chi connectivity index (χ2v) is 9.52. The zero-order chi connectivity index (χ0) is 23.0. The minimum absolute atomic E-state index is 0.0258. The van der Waals surface area contributed by atoms with Crippen LogP contribution < -0.4 is 0 Å². The molecular weight excluding hydrogens is 442 g/mol. The van der Waals surface area contributed by atoms with E-state index in [1.54, 1.807) is 40.2 Å². The fourth-order valence-corrected chi connectivity index (χ4v) is 5.32. The minimum Gasteiger partial charge on any atom is -0.480 e. The summed E-state index contributed by atoms with van der Waals surface area (Å²) in [5.74, 6) is -1.13. The van der Waals surface area contributed by atoms with Crippen LogP contribution in [0.4, 0.5) is 0 Å². The van der Waals surface area contributed by atoms with Gasteiger partial charge >= 0.3 is 5.97 Å². The van der Waals surface area contributed by atoms with Gasteiger partial charge in [0.25, 0.3) is 5.91 Å². The van der Waals surface area contributed by atoms with Crippen molar-refractivity contribution >= 4 is 23.5 Å². The predicted octanol–water partition coefficient (Wildman–Crippen LogP) is 3.90. The van der Waals surface area contributed by atoms with Crippen LogP contribution in [-0.4, -0.2) is 54.4 Å². The molecular formula is C24H24ClN5O3. The molecule has 1 atom stereocenters. The molecule has 5 rings (SSSR count). The molecule has 1 N–H and O–H groups in total. The van der Waals surface area contributed by atoms with Crippen molar-refractivity contribution in [2.24, 2.45) is 5.41 Å². The molecule has 2 aromatic heterocycles. The maximum Gasteiger partial charge on any atom is 0.326 e. The Labute approximate surface area is 196 Å². The molecule has 0 bridgehead atoms. The summed E-state index contributed by atoms with van der Waals surface area (Å²) in [7, 11) is 0. The van der Waals surface area contributed by atoms with Gasteiger partial charge in [-0.3, -0.25) is 9.78 Å². The molecule has 1 saturated carbocycles. The highest BCUT2D eigenvalue weighted by atomic mass is 35.5. The first-order chi connectivity index (χ1) is 15.9. The lowest BCUT2D eigenvalue weighted by Gasteiger charge is -2.24. The first-order valence-corrected chi connectivity index (χ1v) is 11.4. The summed E-state index contributed by atoms with van der Waals surface area (Å²) in [6.07, 6.45) is 9.85. The first kappa shape index (κ1) is 21.6. The molecule has 1 unspecified atom stereocenters. The molecule has 3 aromatic rings. The number of aliphatic carboxylic acids is 1. The minimum atomic E-state index is -0.916. The highest BCUT2D eigenvalue weighted by Gasteiger charge is 2.49. The Morgan fingerprint density at radius 2 is 1.91 bits per heavy atom. The average Bonchev–Trinajstić information content (AvgIpc) is 3.55. The summed E-state index contributed by atoms with van der Waals surface area (Å²) in [4.78, 5) is 30.7. The molecule has 8 nitrogen and oxygen atoms in total. The molecule has 2 aliphatic rings. The van der Waals surface area contributed by atoms with E-state index in [1.807, 2.05) is 18.3 Å². The number of nitrogens with zero attached hydrogens (tertiary/aromatic N) is 5. The van der Waals surface area contributed by atoms with Crippen molar-refractivity contribution in [1.29, 1.82) is 0 Å². The third-order valence-corrected chi connectivity index (χ3v) is 7.01. The SMILES string of the molecule is O=C(O)C1CC2(CCCC2)CN1C(=O)c1ccc(Cn2cc(-c3cncc(Cl)c3)nn2)cc1. The third kappa shape index (κ3) is 4.35. The van der Waals surface area contributed by atoms with E-state index in [1.165, 1.54) is 0 Å². The normalized spacial score (nSPS) is 19.3. The summed E-state index contributed by atoms with van der Waals surface area (Å²) in [5, 5.41) is 18.6. The number of pyridine rings is 1. The number of carboxylic acids is 1. The molecule has 1 saturated heterocycles. The van der Waals surface area contributed by atoms with Gasteiger partial charge in [0.1, 0.15) is 11.7 Å².